The zero-order chi connectivity index (χ0) is 7.56. The van der Waals surface area contributed by atoms with Gasteiger partial charge in [-0.2, -0.15) is 0 Å². The van der Waals surface area contributed by atoms with E-state index in [1.165, 1.54) is 0 Å². The first-order valence-electron chi connectivity index (χ1n) is 2.72. The molecule has 4 N–H and O–H groups in total. The van der Waals surface area contributed by atoms with Gasteiger partial charge in [-0.3, -0.25) is 10.2 Å². The summed E-state index contributed by atoms with van der Waals surface area (Å²) >= 11 is 0. The quantitative estimate of drug-likeness (QED) is 0.352. The summed E-state index contributed by atoms with van der Waals surface area (Å²) in [6.07, 6.45) is -1.19. The van der Waals surface area contributed by atoms with Crippen LogP contribution in [0.4, 0.5) is 4.79 Å². The van der Waals surface area contributed by atoms with E-state index in [0.717, 1.165) is 0 Å². The third-order valence-corrected chi connectivity index (χ3v) is 1.13. The zero-order valence-corrected chi connectivity index (χ0v) is 5.05. The highest BCUT2D eigenvalue weighted by Crippen LogP contribution is 1.86. The van der Waals surface area contributed by atoms with Crippen LogP contribution in [0.25, 0.3) is 0 Å². The second-order valence-electron chi connectivity index (χ2n) is 1.87. The van der Waals surface area contributed by atoms with Crippen LogP contribution in [0.15, 0.2) is 0 Å². The molecular formula is C4H7N3O3. The summed E-state index contributed by atoms with van der Waals surface area (Å²) in [4.78, 5) is 20.6. The van der Waals surface area contributed by atoms with Crippen LogP contribution >= 0.6 is 0 Å². The van der Waals surface area contributed by atoms with E-state index in [9.17, 15) is 9.59 Å². The number of hydrazine groups is 1. The maximum Gasteiger partial charge on any atom is 0.405 e. The van der Waals surface area contributed by atoms with Gasteiger partial charge < -0.3 is 10.4 Å². The molecule has 0 spiro atoms. The molecule has 1 rings (SSSR count). The van der Waals surface area contributed by atoms with Gasteiger partial charge in [0, 0.05) is 6.54 Å². The number of carbonyl (C=O) groups excluding carboxylic acids is 1. The summed E-state index contributed by atoms with van der Waals surface area (Å²) in [5.41, 5.74) is 4.76. The molecule has 1 heterocycles. The molecule has 0 aliphatic carbocycles. The van der Waals surface area contributed by atoms with Crippen molar-refractivity contribution in [3.8, 4) is 0 Å². The van der Waals surface area contributed by atoms with Crippen molar-refractivity contribution in [2.75, 3.05) is 6.54 Å². The van der Waals surface area contributed by atoms with Crippen LogP contribution in [0, 0.1) is 0 Å². The summed E-state index contributed by atoms with van der Waals surface area (Å²) < 4.78 is 0. The molecule has 0 bridgehead atoms. The Bertz CT molecular complexity index is 169. The van der Waals surface area contributed by atoms with Crippen molar-refractivity contribution in [2.24, 2.45) is 0 Å². The number of nitrogens with one attached hydrogen (secondary N) is 3. The lowest BCUT2D eigenvalue weighted by atomic mass is 10.3. The first kappa shape index (κ1) is 6.81. The second-order valence-corrected chi connectivity index (χ2v) is 1.87. The maximum absolute atomic E-state index is 10.6. The van der Waals surface area contributed by atoms with E-state index in [1.54, 1.807) is 0 Å². The van der Waals surface area contributed by atoms with E-state index in [2.05, 4.69) is 10.9 Å². The summed E-state index contributed by atoms with van der Waals surface area (Å²) in [5, 5.41) is 10.2. The van der Waals surface area contributed by atoms with Gasteiger partial charge in [-0.15, -0.1) is 0 Å². The Kier molecular flexibility index (Phi) is 1.72. The number of amides is 2. The lowest BCUT2D eigenvalue weighted by Crippen LogP contribution is -2.40. The van der Waals surface area contributed by atoms with E-state index in [-0.39, 0.29) is 5.91 Å². The molecule has 0 aromatic rings. The highest BCUT2D eigenvalue weighted by molar-refractivity contribution is 5.86. The van der Waals surface area contributed by atoms with Crippen molar-refractivity contribution in [1.82, 2.24) is 16.2 Å². The van der Waals surface area contributed by atoms with E-state index in [4.69, 9.17) is 5.11 Å². The zero-order valence-electron chi connectivity index (χ0n) is 5.05. The first-order valence-corrected chi connectivity index (χ1v) is 2.72. The van der Waals surface area contributed by atoms with Crippen LogP contribution in [0.3, 0.4) is 0 Å². The minimum Gasteiger partial charge on any atom is -0.465 e. The van der Waals surface area contributed by atoms with Gasteiger partial charge in [0.25, 0.3) is 5.91 Å². The van der Waals surface area contributed by atoms with Crippen molar-refractivity contribution >= 4 is 12.0 Å². The van der Waals surface area contributed by atoms with Gasteiger partial charge in [-0.1, -0.05) is 0 Å². The average molecular weight is 145 g/mol. The second kappa shape index (κ2) is 2.53. The van der Waals surface area contributed by atoms with E-state index >= 15 is 0 Å². The molecule has 0 aromatic carbocycles. The van der Waals surface area contributed by atoms with Crippen LogP contribution < -0.4 is 16.2 Å². The molecule has 56 valence electrons. The number of hydrogen-bond donors (Lipinski definition) is 4. The molecule has 1 saturated heterocycles. The molecule has 6 heteroatoms. The molecular weight excluding hydrogens is 138 g/mol. The molecule has 10 heavy (non-hydrogen) atoms. The van der Waals surface area contributed by atoms with Crippen LogP contribution in [0.2, 0.25) is 0 Å². The molecule has 6 nitrogen and oxygen atoms in total. The van der Waals surface area contributed by atoms with E-state index in [0.29, 0.717) is 6.54 Å². The van der Waals surface area contributed by atoms with Gasteiger partial charge >= 0.3 is 6.09 Å². The average Bonchev–Trinajstić information content (AvgIpc) is 2.15. The van der Waals surface area contributed by atoms with Crippen LogP contribution in [-0.4, -0.2) is 29.7 Å². The molecule has 0 radical (unpaired) electrons. The Balaban J connectivity index is 2.40. The van der Waals surface area contributed by atoms with E-state index < -0.39 is 12.1 Å². The standard InChI is InChI=1S/C4H7N3O3/c8-3-2(1-5-7-3)6-4(9)10/h2,5-6H,1H2,(H,7,8)(H,9,10). The van der Waals surface area contributed by atoms with Gasteiger partial charge in [-0.25, -0.2) is 10.2 Å². The third-order valence-electron chi connectivity index (χ3n) is 1.13. The Morgan fingerprint density at radius 2 is 2.50 bits per heavy atom. The topological polar surface area (TPSA) is 90.5 Å². The normalized spacial score (nSPS) is 24.0. The lowest BCUT2D eigenvalue weighted by Gasteiger charge is -2.02. The minimum absolute atomic E-state index is 0.297. The molecule has 0 aromatic heterocycles. The predicted molar refractivity (Wildman–Crippen MR) is 31.1 cm³/mol. The summed E-state index contributed by atoms with van der Waals surface area (Å²) in [7, 11) is 0. The largest absolute Gasteiger partial charge is 0.465 e. The predicted octanol–water partition coefficient (Wildman–Crippen LogP) is -1.74. The Morgan fingerprint density at radius 3 is 2.90 bits per heavy atom. The Labute approximate surface area is 56.6 Å². The summed E-state index contributed by atoms with van der Waals surface area (Å²) in [6.45, 7) is 0.297. The fourth-order valence-electron chi connectivity index (χ4n) is 0.686. The summed E-state index contributed by atoms with van der Waals surface area (Å²) in [6, 6.07) is -0.655. The van der Waals surface area contributed by atoms with Gasteiger partial charge in [-0.05, 0) is 0 Å². The number of carboxylic acid groups (broad SMARTS) is 1. The number of hydrogen-bond acceptors (Lipinski definition) is 3. The van der Waals surface area contributed by atoms with Crippen molar-refractivity contribution < 1.29 is 14.7 Å². The molecule has 2 amide bonds. The van der Waals surface area contributed by atoms with Gasteiger partial charge in [0.1, 0.15) is 6.04 Å². The first-order chi connectivity index (χ1) is 4.70. The van der Waals surface area contributed by atoms with Crippen molar-refractivity contribution in [3.63, 3.8) is 0 Å². The lowest BCUT2D eigenvalue weighted by molar-refractivity contribution is -0.121. The Hall–Kier alpha value is -1.30. The summed E-state index contributed by atoms with van der Waals surface area (Å²) in [5.74, 6) is -0.345. The molecule has 1 aliphatic heterocycles. The molecule has 0 saturated carbocycles. The van der Waals surface area contributed by atoms with Crippen LogP contribution in [0.5, 0.6) is 0 Å². The fourth-order valence-corrected chi connectivity index (χ4v) is 0.686. The molecule has 1 atom stereocenters. The maximum atomic E-state index is 10.6. The van der Waals surface area contributed by atoms with Crippen LogP contribution in [0.1, 0.15) is 0 Å². The SMILES string of the molecule is O=C(O)NC1CNNC1=O. The minimum atomic E-state index is -1.19. The smallest absolute Gasteiger partial charge is 0.405 e. The van der Waals surface area contributed by atoms with E-state index in [1.807, 2.05) is 5.32 Å². The molecule has 1 unspecified atom stereocenters. The molecule has 1 fully saturated rings. The highest BCUT2D eigenvalue weighted by Gasteiger charge is 2.24. The monoisotopic (exact) mass is 145 g/mol. The van der Waals surface area contributed by atoms with Gasteiger partial charge in [0.15, 0.2) is 0 Å². The van der Waals surface area contributed by atoms with Crippen molar-refractivity contribution in [2.45, 2.75) is 6.04 Å². The van der Waals surface area contributed by atoms with Crippen molar-refractivity contribution in [1.29, 1.82) is 0 Å². The number of rotatable bonds is 1. The highest BCUT2D eigenvalue weighted by atomic mass is 16.4. The van der Waals surface area contributed by atoms with Gasteiger partial charge in [0.2, 0.25) is 0 Å². The fraction of sp³-hybridized carbons (Fsp3) is 0.500. The Morgan fingerprint density at radius 1 is 1.80 bits per heavy atom. The van der Waals surface area contributed by atoms with Gasteiger partial charge in [0.05, 0.1) is 0 Å². The van der Waals surface area contributed by atoms with Crippen LogP contribution in [-0.2, 0) is 4.79 Å². The van der Waals surface area contributed by atoms with Crippen molar-refractivity contribution in [3.05, 3.63) is 0 Å². The number of carbonyl (C=O) groups is 2. The third kappa shape index (κ3) is 1.35. The molecule has 1 aliphatic rings.